The lowest BCUT2D eigenvalue weighted by Crippen LogP contribution is -2.27. The van der Waals surface area contributed by atoms with Gasteiger partial charge in [0.1, 0.15) is 0 Å². The van der Waals surface area contributed by atoms with Crippen LogP contribution in [0.2, 0.25) is 0 Å². The smallest absolute Gasteiger partial charge is 0.0460 e. The number of rotatable bonds is 7. The van der Waals surface area contributed by atoms with Crippen molar-refractivity contribution in [2.24, 2.45) is 5.84 Å². The van der Waals surface area contributed by atoms with Gasteiger partial charge in [-0.15, -0.1) is 0 Å². The Labute approximate surface area is 122 Å². The van der Waals surface area contributed by atoms with Crippen LogP contribution in [0.15, 0.2) is 54.6 Å². The van der Waals surface area contributed by atoms with E-state index in [1.54, 1.807) is 0 Å². The van der Waals surface area contributed by atoms with Gasteiger partial charge in [-0.2, -0.15) is 0 Å². The van der Waals surface area contributed by atoms with Gasteiger partial charge in [0.15, 0.2) is 0 Å². The monoisotopic (exact) mass is 268 g/mol. The molecule has 20 heavy (non-hydrogen) atoms. The van der Waals surface area contributed by atoms with Crippen molar-refractivity contribution in [2.75, 3.05) is 0 Å². The molecule has 2 aromatic rings. The number of hydrogen-bond acceptors (Lipinski definition) is 2. The Morgan fingerprint density at radius 2 is 1.55 bits per heavy atom. The van der Waals surface area contributed by atoms with Gasteiger partial charge in [-0.25, -0.2) is 0 Å². The van der Waals surface area contributed by atoms with Gasteiger partial charge in [-0.1, -0.05) is 80.8 Å². The van der Waals surface area contributed by atoms with Crippen molar-refractivity contribution in [1.29, 1.82) is 0 Å². The van der Waals surface area contributed by atoms with E-state index in [1.165, 1.54) is 36.0 Å². The van der Waals surface area contributed by atoms with E-state index in [9.17, 15) is 0 Å². The molecule has 0 aliphatic rings. The molecule has 0 fully saturated rings. The maximum Gasteiger partial charge on any atom is 0.0460 e. The fourth-order valence-corrected chi connectivity index (χ4v) is 2.48. The van der Waals surface area contributed by atoms with Gasteiger partial charge in [0.05, 0.1) is 0 Å². The molecule has 0 heterocycles. The number of hydrazine groups is 1. The first-order valence-corrected chi connectivity index (χ1v) is 7.46. The van der Waals surface area contributed by atoms with Gasteiger partial charge in [0.25, 0.3) is 0 Å². The van der Waals surface area contributed by atoms with Gasteiger partial charge in [0.2, 0.25) is 0 Å². The molecule has 0 saturated carbocycles. The summed E-state index contributed by atoms with van der Waals surface area (Å²) in [5.74, 6) is 5.69. The molecular weight excluding hydrogens is 244 g/mol. The van der Waals surface area contributed by atoms with E-state index in [0.717, 1.165) is 6.42 Å². The molecule has 0 aliphatic heterocycles. The second kappa shape index (κ2) is 7.83. The summed E-state index contributed by atoms with van der Waals surface area (Å²) in [5, 5.41) is 0. The lowest BCUT2D eigenvalue weighted by molar-refractivity contribution is 0.487. The number of nitrogens with one attached hydrogen (secondary N) is 1. The minimum absolute atomic E-state index is 0.256. The fourth-order valence-electron chi connectivity index (χ4n) is 2.48. The largest absolute Gasteiger partial charge is 0.271 e. The molecule has 1 atom stereocenters. The summed E-state index contributed by atoms with van der Waals surface area (Å²) >= 11 is 0. The van der Waals surface area contributed by atoms with Crippen LogP contribution in [0.1, 0.15) is 44.2 Å². The van der Waals surface area contributed by atoms with E-state index in [4.69, 9.17) is 5.84 Å². The number of unbranched alkanes of at least 4 members (excludes halogenated alkanes) is 2. The predicted octanol–water partition coefficient (Wildman–Crippen LogP) is 4.44. The Morgan fingerprint density at radius 3 is 2.15 bits per heavy atom. The van der Waals surface area contributed by atoms with E-state index in [0.29, 0.717) is 0 Å². The van der Waals surface area contributed by atoms with Crippen molar-refractivity contribution in [2.45, 2.75) is 38.6 Å². The Hall–Kier alpha value is -1.64. The van der Waals surface area contributed by atoms with Crippen LogP contribution in [-0.4, -0.2) is 0 Å². The van der Waals surface area contributed by atoms with Crippen LogP contribution < -0.4 is 11.3 Å². The standard InChI is InChI=1S/C18H24N2/c1-2-3-5-10-18(20-19)17-13-11-16(12-14-17)15-8-6-4-7-9-15/h4,6-9,11-14,18,20H,2-3,5,10,19H2,1H3. The van der Waals surface area contributed by atoms with Crippen molar-refractivity contribution in [3.63, 3.8) is 0 Å². The molecule has 0 saturated heterocycles. The highest BCUT2D eigenvalue weighted by Gasteiger charge is 2.09. The van der Waals surface area contributed by atoms with Gasteiger partial charge >= 0.3 is 0 Å². The normalized spacial score (nSPS) is 12.3. The van der Waals surface area contributed by atoms with Crippen LogP contribution in [0, 0.1) is 0 Å². The molecule has 2 nitrogen and oxygen atoms in total. The Kier molecular flexibility index (Phi) is 5.78. The average molecular weight is 268 g/mol. The summed E-state index contributed by atoms with van der Waals surface area (Å²) in [6.45, 7) is 2.22. The second-order valence-corrected chi connectivity index (χ2v) is 5.20. The van der Waals surface area contributed by atoms with Crippen LogP contribution in [0.5, 0.6) is 0 Å². The van der Waals surface area contributed by atoms with Crippen LogP contribution >= 0.6 is 0 Å². The SMILES string of the molecule is CCCCCC(NN)c1ccc(-c2ccccc2)cc1. The van der Waals surface area contributed by atoms with Crippen molar-refractivity contribution < 1.29 is 0 Å². The van der Waals surface area contributed by atoms with Crippen LogP contribution in [0.3, 0.4) is 0 Å². The molecule has 2 heteroatoms. The molecule has 0 amide bonds. The van der Waals surface area contributed by atoms with Crippen LogP contribution in [-0.2, 0) is 0 Å². The molecule has 1 unspecified atom stereocenters. The minimum Gasteiger partial charge on any atom is -0.271 e. The highest BCUT2D eigenvalue weighted by Crippen LogP contribution is 2.24. The van der Waals surface area contributed by atoms with Crippen LogP contribution in [0.4, 0.5) is 0 Å². The van der Waals surface area contributed by atoms with Crippen molar-refractivity contribution >= 4 is 0 Å². The van der Waals surface area contributed by atoms with Gasteiger partial charge in [-0.05, 0) is 23.1 Å². The molecule has 2 aromatic carbocycles. The summed E-state index contributed by atoms with van der Waals surface area (Å²) in [4.78, 5) is 0. The van der Waals surface area contributed by atoms with Gasteiger partial charge < -0.3 is 0 Å². The second-order valence-electron chi connectivity index (χ2n) is 5.20. The molecule has 0 radical (unpaired) electrons. The molecule has 0 aliphatic carbocycles. The van der Waals surface area contributed by atoms with Crippen molar-refractivity contribution in [1.82, 2.24) is 5.43 Å². The lowest BCUT2D eigenvalue weighted by atomic mass is 9.98. The van der Waals surface area contributed by atoms with Gasteiger partial charge in [0, 0.05) is 6.04 Å². The van der Waals surface area contributed by atoms with E-state index in [1.807, 2.05) is 6.07 Å². The Morgan fingerprint density at radius 1 is 0.900 bits per heavy atom. The first-order chi connectivity index (χ1) is 9.85. The fraction of sp³-hybridized carbons (Fsp3) is 0.333. The van der Waals surface area contributed by atoms with Crippen molar-refractivity contribution in [3.05, 3.63) is 60.2 Å². The number of hydrogen-bond donors (Lipinski definition) is 2. The first kappa shape index (κ1) is 14.8. The van der Waals surface area contributed by atoms with Crippen molar-refractivity contribution in [3.8, 4) is 11.1 Å². The van der Waals surface area contributed by atoms with E-state index >= 15 is 0 Å². The lowest BCUT2D eigenvalue weighted by Gasteiger charge is -2.16. The molecular formula is C18H24N2. The minimum atomic E-state index is 0.256. The highest BCUT2D eigenvalue weighted by atomic mass is 15.2. The third-order valence-electron chi connectivity index (χ3n) is 3.72. The molecule has 2 rings (SSSR count). The zero-order valence-electron chi connectivity index (χ0n) is 12.2. The van der Waals surface area contributed by atoms with E-state index < -0.39 is 0 Å². The highest BCUT2D eigenvalue weighted by molar-refractivity contribution is 5.63. The summed E-state index contributed by atoms with van der Waals surface area (Å²) in [6, 6.07) is 19.4. The first-order valence-electron chi connectivity index (χ1n) is 7.46. The van der Waals surface area contributed by atoms with Gasteiger partial charge in [-0.3, -0.25) is 11.3 Å². The summed E-state index contributed by atoms with van der Waals surface area (Å²) in [5.41, 5.74) is 6.70. The molecule has 0 aromatic heterocycles. The summed E-state index contributed by atoms with van der Waals surface area (Å²) in [6.07, 6.45) is 4.81. The molecule has 0 spiro atoms. The maximum atomic E-state index is 5.69. The number of nitrogens with two attached hydrogens (primary N) is 1. The van der Waals surface area contributed by atoms with E-state index in [-0.39, 0.29) is 6.04 Å². The Balaban J connectivity index is 2.06. The third-order valence-corrected chi connectivity index (χ3v) is 3.72. The Bertz CT molecular complexity index is 491. The zero-order valence-corrected chi connectivity index (χ0v) is 12.2. The van der Waals surface area contributed by atoms with Crippen LogP contribution in [0.25, 0.3) is 11.1 Å². The van der Waals surface area contributed by atoms with E-state index in [2.05, 4.69) is 60.9 Å². The number of benzene rings is 2. The quantitative estimate of drug-likeness (QED) is 0.442. The predicted molar refractivity (Wildman–Crippen MR) is 86.1 cm³/mol. The molecule has 3 N–H and O–H groups in total. The summed E-state index contributed by atoms with van der Waals surface area (Å²) < 4.78 is 0. The molecule has 0 bridgehead atoms. The third kappa shape index (κ3) is 3.92. The summed E-state index contributed by atoms with van der Waals surface area (Å²) in [7, 11) is 0. The maximum absolute atomic E-state index is 5.69. The average Bonchev–Trinajstić information content (AvgIpc) is 2.53. The molecule has 106 valence electrons. The zero-order chi connectivity index (χ0) is 14.2. The topological polar surface area (TPSA) is 38.0 Å².